The van der Waals surface area contributed by atoms with Gasteiger partial charge in [0.2, 0.25) is 0 Å². The topological polar surface area (TPSA) is 32.3 Å². The Morgan fingerprint density at radius 2 is 1.68 bits per heavy atom. The van der Waals surface area contributed by atoms with Crippen molar-refractivity contribution in [3.63, 3.8) is 0 Å². The molecule has 2 aromatic carbocycles. The molecule has 0 saturated carbocycles. The van der Waals surface area contributed by atoms with Crippen molar-refractivity contribution < 1.29 is 4.79 Å². The Morgan fingerprint density at radius 1 is 1.04 bits per heavy atom. The first kappa shape index (κ1) is 18.0. The van der Waals surface area contributed by atoms with Crippen LogP contribution in [0.15, 0.2) is 48.5 Å². The largest absolute Gasteiger partial charge is 0.350 e. The van der Waals surface area contributed by atoms with Gasteiger partial charge in [0, 0.05) is 17.1 Å². The number of hydrogen-bond donors (Lipinski definition) is 1. The second kappa shape index (κ2) is 8.50. The molecule has 1 unspecified atom stereocenters. The Bertz CT molecular complexity index is 691. The summed E-state index contributed by atoms with van der Waals surface area (Å²) >= 11 is 6.04. The van der Waals surface area contributed by atoms with E-state index in [9.17, 15) is 4.79 Å². The summed E-state index contributed by atoms with van der Waals surface area (Å²) in [5.41, 5.74) is 3.07. The number of benzene rings is 2. The molecule has 1 amide bonds. The van der Waals surface area contributed by atoms with E-state index in [0.717, 1.165) is 23.7 Å². The van der Waals surface area contributed by atoms with Crippen molar-refractivity contribution in [1.82, 2.24) is 10.2 Å². The monoisotopic (exact) mass is 356 g/mol. The predicted octanol–water partition coefficient (Wildman–Crippen LogP) is 4.61. The van der Waals surface area contributed by atoms with Gasteiger partial charge in [-0.1, -0.05) is 47.9 Å². The van der Waals surface area contributed by atoms with Crippen LogP contribution < -0.4 is 5.32 Å². The number of halogens is 1. The molecule has 0 spiro atoms. The van der Waals surface area contributed by atoms with Gasteiger partial charge in [-0.2, -0.15) is 0 Å². The van der Waals surface area contributed by atoms with E-state index in [4.69, 9.17) is 11.6 Å². The highest BCUT2D eigenvalue weighted by molar-refractivity contribution is 6.30. The van der Waals surface area contributed by atoms with Crippen molar-refractivity contribution >= 4 is 17.5 Å². The van der Waals surface area contributed by atoms with Gasteiger partial charge in [-0.05, 0) is 62.7 Å². The van der Waals surface area contributed by atoms with Crippen LogP contribution in [-0.4, -0.2) is 30.4 Å². The zero-order valence-corrected chi connectivity index (χ0v) is 15.4. The average molecular weight is 357 g/mol. The fraction of sp³-hybridized carbons (Fsp3) is 0.381. The van der Waals surface area contributed by atoms with Crippen LogP contribution in [0.1, 0.15) is 46.8 Å². The van der Waals surface area contributed by atoms with Crippen molar-refractivity contribution in [1.29, 1.82) is 0 Å². The maximum atomic E-state index is 12.5. The van der Waals surface area contributed by atoms with Crippen molar-refractivity contribution in [2.24, 2.45) is 0 Å². The Balaban J connectivity index is 1.71. The summed E-state index contributed by atoms with van der Waals surface area (Å²) in [6, 6.07) is 15.9. The fourth-order valence-electron chi connectivity index (χ4n) is 3.37. The summed E-state index contributed by atoms with van der Waals surface area (Å²) in [6.45, 7) is 4.78. The summed E-state index contributed by atoms with van der Waals surface area (Å²) in [6.07, 6.45) is 3.73. The highest BCUT2D eigenvalue weighted by Gasteiger charge is 2.23. The maximum Gasteiger partial charge on any atom is 0.251 e. The Labute approximate surface area is 155 Å². The number of piperidine rings is 1. The molecule has 3 nitrogen and oxygen atoms in total. The highest BCUT2D eigenvalue weighted by atomic mass is 35.5. The molecule has 3 rings (SSSR count). The van der Waals surface area contributed by atoms with E-state index in [2.05, 4.69) is 22.3 Å². The second-order valence-corrected chi connectivity index (χ2v) is 7.18. The maximum absolute atomic E-state index is 12.5. The molecule has 1 aliphatic rings. The van der Waals surface area contributed by atoms with E-state index in [-0.39, 0.29) is 11.9 Å². The number of aryl methyl sites for hydroxylation is 1. The Hall–Kier alpha value is -1.84. The van der Waals surface area contributed by atoms with Crippen LogP contribution in [0, 0.1) is 6.92 Å². The van der Waals surface area contributed by atoms with Gasteiger partial charge in [-0.15, -0.1) is 0 Å². The zero-order chi connectivity index (χ0) is 17.6. The molecule has 1 heterocycles. The third-order valence-corrected chi connectivity index (χ3v) is 5.11. The molecule has 0 aliphatic carbocycles. The van der Waals surface area contributed by atoms with Gasteiger partial charge in [0.15, 0.2) is 0 Å². The van der Waals surface area contributed by atoms with Crippen LogP contribution in [-0.2, 0) is 0 Å². The van der Waals surface area contributed by atoms with Crippen LogP contribution in [0.4, 0.5) is 0 Å². The summed E-state index contributed by atoms with van der Waals surface area (Å²) in [4.78, 5) is 15.0. The molecular weight excluding hydrogens is 332 g/mol. The summed E-state index contributed by atoms with van der Waals surface area (Å²) < 4.78 is 0. The lowest BCUT2D eigenvalue weighted by Gasteiger charge is -2.35. The standard InChI is InChI=1S/C21H25ClN2O/c1-16-5-7-18(8-6-16)21(25)23-15-20(24-13-3-2-4-14-24)17-9-11-19(22)12-10-17/h5-12,20H,2-4,13-15H2,1H3,(H,23,25). The smallest absolute Gasteiger partial charge is 0.251 e. The molecule has 1 aliphatic heterocycles. The van der Waals surface area contributed by atoms with Gasteiger partial charge in [0.05, 0.1) is 6.04 Å². The van der Waals surface area contributed by atoms with E-state index in [1.807, 2.05) is 43.3 Å². The molecule has 2 aromatic rings. The molecule has 0 bridgehead atoms. The fourth-order valence-corrected chi connectivity index (χ4v) is 3.50. The van der Waals surface area contributed by atoms with Crippen LogP contribution in [0.3, 0.4) is 0 Å². The number of likely N-dealkylation sites (tertiary alicyclic amines) is 1. The van der Waals surface area contributed by atoms with Crippen LogP contribution in [0.25, 0.3) is 0 Å². The molecule has 1 fully saturated rings. The number of hydrogen-bond acceptors (Lipinski definition) is 2. The minimum Gasteiger partial charge on any atom is -0.350 e. The third kappa shape index (κ3) is 4.83. The predicted molar refractivity (Wildman–Crippen MR) is 103 cm³/mol. The molecule has 132 valence electrons. The summed E-state index contributed by atoms with van der Waals surface area (Å²) in [7, 11) is 0. The van der Waals surface area contributed by atoms with Crippen molar-refractivity contribution in [2.75, 3.05) is 19.6 Å². The van der Waals surface area contributed by atoms with Gasteiger partial charge in [-0.25, -0.2) is 0 Å². The Kier molecular flexibility index (Phi) is 6.11. The molecule has 0 aromatic heterocycles. The minimum atomic E-state index is -0.0176. The SMILES string of the molecule is Cc1ccc(C(=O)NCC(c2ccc(Cl)cc2)N2CCCCC2)cc1. The third-order valence-electron chi connectivity index (χ3n) is 4.86. The molecular formula is C21H25ClN2O. The molecule has 1 N–H and O–H groups in total. The van der Waals surface area contributed by atoms with Gasteiger partial charge >= 0.3 is 0 Å². The van der Waals surface area contributed by atoms with E-state index < -0.39 is 0 Å². The molecule has 4 heteroatoms. The van der Waals surface area contributed by atoms with Gasteiger partial charge < -0.3 is 5.32 Å². The van der Waals surface area contributed by atoms with Crippen LogP contribution in [0.5, 0.6) is 0 Å². The number of nitrogens with zero attached hydrogens (tertiary/aromatic N) is 1. The van der Waals surface area contributed by atoms with Crippen LogP contribution in [0.2, 0.25) is 5.02 Å². The molecule has 0 radical (unpaired) electrons. The Morgan fingerprint density at radius 3 is 2.32 bits per heavy atom. The van der Waals surface area contributed by atoms with Gasteiger partial charge in [0.25, 0.3) is 5.91 Å². The lowest BCUT2D eigenvalue weighted by molar-refractivity contribution is 0.0924. The van der Waals surface area contributed by atoms with Crippen LogP contribution >= 0.6 is 11.6 Å². The van der Waals surface area contributed by atoms with Gasteiger partial charge in [0.1, 0.15) is 0 Å². The number of nitrogens with one attached hydrogen (secondary N) is 1. The molecule has 1 atom stereocenters. The van der Waals surface area contributed by atoms with E-state index in [1.54, 1.807) is 0 Å². The lowest BCUT2D eigenvalue weighted by Crippen LogP contribution is -2.40. The summed E-state index contributed by atoms with van der Waals surface area (Å²) in [5, 5.41) is 3.86. The lowest BCUT2D eigenvalue weighted by atomic mass is 10.0. The second-order valence-electron chi connectivity index (χ2n) is 6.74. The van der Waals surface area contributed by atoms with Crippen molar-refractivity contribution in [2.45, 2.75) is 32.2 Å². The molecule has 1 saturated heterocycles. The van der Waals surface area contributed by atoms with E-state index in [1.165, 1.54) is 24.8 Å². The first-order valence-electron chi connectivity index (χ1n) is 8.98. The number of carbonyl (C=O) groups excluding carboxylic acids is 1. The van der Waals surface area contributed by atoms with Crippen molar-refractivity contribution in [3.05, 3.63) is 70.2 Å². The summed E-state index contributed by atoms with van der Waals surface area (Å²) in [5.74, 6) is -0.0176. The number of rotatable bonds is 5. The molecule has 25 heavy (non-hydrogen) atoms. The van der Waals surface area contributed by atoms with E-state index in [0.29, 0.717) is 12.1 Å². The van der Waals surface area contributed by atoms with Crippen molar-refractivity contribution in [3.8, 4) is 0 Å². The highest BCUT2D eigenvalue weighted by Crippen LogP contribution is 2.25. The first-order chi connectivity index (χ1) is 12.1. The first-order valence-corrected chi connectivity index (χ1v) is 9.35. The number of amides is 1. The quantitative estimate of drug-likeness (QED) is 0.848. The van der Waals surface area contributed by atoms with E-state index >= 15 is 0 Å². The normalized spacial score (nSPS) is 16.4. The number of carbonyl (C=O) groups is 1. The average Bonchev–Trinajstić information content (AvgIpc) is 2.64. The zero-order valence-electron chi connectivity index (χ0n) is 14.7. The minimum absolute atomic E-state index is 0.0176. The van der Waals surface area contributed by atoms with Gasteiger partial charge in [-0.3, -0.25) is 9.69 Å².